The number of carbonyl (C=O) groups excluding carboxylic acids is 1. The minimum atomic E-state index is -3.74. The first-order chi connectivity index (χ1) is 11.3. The summed E-state index contributed by atoms with van der Waals surface area (Å²) in [5.74, 6) is -0.00466. The van der Waals surface area contributed by atoms with E-state index in [1.807, 2.05) is 37.3 Å². The molecule has 0 radical (unpaired) electrons. The van der Waals surface area contributed by atoms with Crippen molar-refractivity contribution in [1.29, 1.82) is 0 Å². The molecule has 0 saturated heterocycles. The van der Waals surface area contributed by atoms with Gasteiger partial charge in [-0.05, 0) is 26.3 Å². The minimum absolute atomic E-state index is 0.000262. The van der Waals surface area contributed by atoms with Gasteiger partial charge in [-0.25, -0.2) is 13.1 Å². The van der Waals surface area contributed by atoms with E-state index < -0.39 is 10.0 Å². The van der Waals surface area contributed by atoms with Crippen LogP contribution in [0, 0.1) is 13.8 Å². The molecule has 0 fully saturated rings. The van der Waals surface area contributed by atoms with Crippen molar-refractivity contribution in [2.24, 2.45) is 0 Å². The normalized spacial score (nSPS) is 12.8. The second-order valence-electron chi connectivity index (χ2n) is 5.50. The number of benzene rings is 1. The summed E-state index contributed by atoms with van der Waals surface area (Å²) in [6.07, 6.45) is 0.0414. The van der Waals surface area contributed by atoms with E-state index in [0.717, 1.165) is 5.56 Å². The number of nitrogens with one attached hydrogen (secondary N) is 2. The molecule has 1 atom stereocenters. The zero-order chi connectivity index (χ0) is 17.7. The van der Waals surface area contributed by atoms with Crippen molar-refractivity contribution in [2.75, 3.05) is 6.54 Å². The van der Waals surface area contributed by atoms with Gasteiger partial charge in [0.15, 0.2) is 5.76 Å². The number of aromatic nitrogens is 1. The topological polar surface area (TPSA) is 101 Å². The molecular formula is C16H21N3O4S. The first-order valence-corrected chi connectivity index (χ1v) is 9.06. The summed E-state index contributed by atoms with van der Waals surface area (Å²) in [5.41, 5.74) is 1.28. The molecule has 1 unspecified atom stereocenters. The monoisotopic (exact) mass is 351 g/mol. The molecule has 0 aliphatic heterocycles. The molecule has 8 heteroatoms. The van der Waals surface area contributed by atoms with Gasteiger partial charge in [-0.3, -0.25) is 4.79 Å². The van der Waals surface area contributed by atoms with Crippen LogP contribution in [0.25, 0.3) is 0 Å². The number of amides is 1. The van der Waals surface area contributed by atoms with Crippen LogP contribution in [0.2, 0.25) is 0 Å². The largest absolute Gasteiger partial charge is 0.360 e. The predicted molar refractivity (Wildman–Crippen MR) is 88.8 cm³/mol. The molecule has 1 aromatic carbocycles. The van der Waals surface area contributed by atoms with E-state index in [4.69, 9.17) is 4.52 Å². The fourth-order valence-electron chi connectivity index (χ4n) is 2.37. The number of carbonyl (C=O) groups is 1. The van der Waals surface area contributed by atoms with Crippen LogP contribution in [0.15, 0.2) is 39.8 Å². The smallest absolute Gasteiger partial charge is 0.245 e. The summed E-state index contributed by atoms with van der Waals surface area (Å²) in [4.78, 5) is 12.0. The zero-order valence-corrected chi connectivity index (χ0v) is 14.7. The molecule has 0 aliphatic carbocycles. The van der Waals surface area contributed by atoms with Crippen molar-refractivity contribution >= 4 is 15.9 Å². The van der Waals surface area contributed by atoms with E-state index in [1.165, 1.54) is 6.92 Å². The van der Waals surface area contributed by atoms with Gasteiger partial charge in [0.1, 0.15) is 10.6 Å². The van der Waals surface area contributed by atoms with Gasteiger partial charge >= 0.3 is 0 Å². The number of sulfonamides is 1. The van der Waals surface area contributed by atoms with Crippen molar-refractivity contribution < 1.29 is 17.7 Å². The highest BCUT2D eigenvalue weighted by atomic mass is 32.2. The SMILES string of the molecule is Cc1noc(C)c1S(=O)(=O)NCCC(=O)NC(C)c1ccccc1. The lowest BCUT2D eigenvalue weighted by molar-refractivity contribution is -0.121. The van der Waals surface area contributed by atoms with E-state index in [0.29, 0.717) is 5.69 Å². The van der Waals surface area contributed by atoms with Crippen molar-refractivity contribution in [1.82, 2.24) is 15.2 Å². The van der Waals surface area contributed by atoms with Gasteiger partial charge in [0.05, 0.1) is 6.04 Å². The standard InChI is InChI=1S/C16H21N3O4S/c1-11(14-7-5-4-6-8-14)18-15(20)9-10-17-24(21,22)16-12(2)19-23-13(16)3/h4-8,11,17H,9-10H2,1-3H3,(H,18,20). The maximum atomic E-state index is 12.2. The molecule has 0 bridgehead atoms. The van der Waals surface area contributed by atoms with Gasteiger partial charge in [-0.2, -0.15) is 0 Å². The molecule has 1 heterocycles. The first-order valence-electron chi connectivity index (χ1n) is 7.58. The molecule has 7 nitrogen and oxygen atoms in total. The lowest BCUT2D eigenvalue weighted by Gasteiger charge is -2.14. The van der Waals surface area contributed by atoms with Gasteiger partial charge in [-0.1, -0.05) is 35.5 Å². The van der Waals surface area contributed by atoms with Crippen molar-refractivity contribution in [2.45, 2.75) is 38.1 Å². The number of rotatable bonds is 7. The quantitative estimate of drug-likeness (QED) is 0.792. The maximum Gasteiger partial charge on any atom is 0.245 e. The van der Waals surface area contributed by atoms with E-state index in [1.54, 1.807) is 6.92 Å². The summed E-state index contributed by atoms with van der Waals surface area (Å²) in [5, 5.41) is 6.46. The lowest BCUT2D eigenvalue weighted by Crippen LogP contribution is -2.32. The Morgan fingerprint density at radius 2 is 1.92 bits per heavy atom. The summed E-state index contributed by atoms with van der Waals surface area (Å²) < 4.78 is 31.7. The molecule has 0 spiro atoms. The third kappa shape index (κ3) is 4.42. The highest BCUT2D eigenvalue weighted by Crippen LogP contribution is 2.18. The lowest BCUT2D eigenvalue weighted by atomic mass is 10.1. The molecule has 2 N–H and O–H groups in total. The minimum Gasteiger partial charge on any atom is -0.360 e. The van der Waals surface area contributed by atoms with E-state index in [9.17, 15) is 13.2 Å². The number of hydrogen-bond acceptors (Lipinski definition) is 5. The van der Waals surface area contributed by atoms with Gasteiger partial charge < -0.3 is 9.84 Å². The summed E-state index contributed by atoms with van der Waals surface area (Å²) in [6.45, 7) is 4.96. The van der Waals surface area contributed by atoms with Gasteiger partial charge in [-0.15, -0.1) is 0 Å². The third-order valence-electron chi connectivity index (χ3n) is 3.56. The van der Waals surface area contributed by atoms with E-state index >= 15 is 0 Å². The molecule has 2 aromatic rings. The Balaban J connectivity index is 1.86. The van der Waals surface area contributed by atoms with Crippen LogP contribution in [-0.2, 0) is 14.8 Å². The molecular weight excluding hydrogens is 330 g/mol. The second-order valence-corrected chi connectivity index (χ2v) is 7.20. The average molecular weight is 351 g/mol. The van der Waals surface area contributed by atoms with E-state index in [2.05, 4.69) is 15.2 Å². The van der Waals surface area contributed by atoms with Crippen LogP contribution in [0.3, 0.4) is 0 Å². The van der Waals surface area contributed by atoms with Crippen LogP contribution in [0.5, 0.6) is 0 Å². The predicted octanol–water partition coefficient (Wildman–Crippen LogP) is 1.84. The second kappa shape index (κ2) is 7.59. The summed E-state index contributed by atoms with van der Waals surface area (Å²) >= 11 is 0. The van der Waals surface area contributed by atoms with Gasteiger partial charge in [0.2, 0.25) is 15.9 Å². The van der Waals surface area contributed by atoms with Gasteiger partial charge in [0.25, 0.3) is 0 Å². The Kier molecular flexibility index (Phi) is 5.74. The van der Waals surface area contributed by atoms with E-state index in [-0.39, 0.29) is 35.6 Å². The Labute approximate surface area is 141 Å². The number of hydrogen-bond donors (Lipinski definition) is 2. The fourth-order valence-corrected chi connectivity index (χ4v) is 3.73. The van der Waals surface area contributed by atoms with Crippen molar-refractivity contribution in [3.05, 3.63) is 47.3 Å². The molecule has 130 valence electrons. The van der Waals surface area contributed by atoms with Crippen molar-refractivity contribution in [3.63, 3.8) is 0 Å². The first kappa shape index (κ1) is 18.2. The number of aryl methyl sites for hydroxylation is 2. The fraction of sp³-hybridized carbons (Fsp3) is 0.375. The highest BCUT2D eigenvalue weighted by molar-refractivity contribution is 7.89. The Morgan fingerprint density at radius 3 is 2.50 bits per heavy atom. The molecule has 0 saturated carbocycles. The Bertz CT molecular complexity index is 780. The van der Waals surface area contributed by atoms with Gasteiger partial charge in [0, 0.05) is 13.0 Å². The summed E-state index contributed by atoms with van der Waals surface area (Å²) in [7, 11) is -3.74. The Morgan fingerprint density at radius 1 is 1.25 bits per heavy atom. The van der Waals surface area contributed by atoms with Crippen LogP contribution >= 0.6 is 0 Å². The van der Waals surface area contributed by atoms with Crippen molar-refractivity contribution in [3.8, 4) is 0 Å². The van der Waals surface area contributed by atoms with Crippen LogP contribution in [-0.4, -0.2) is 26.0 Å². The average Bonchev–Trinajstić information content (AvgIpc) is 2.87. The van der Waals surface area contributed by atoms with Crippen LogP contribution < -0.4 is 10.0 Å². The third-order valence-corrected chi connectivity index (χ3v) is 5.26. The highest BCUT2D eigenvalue weighted by Gasteiger charge is 2.23. The number of nitrogens with zero attached hydrogens (tertiary/aromatic N) is 1. The molecule has 1 amide bonds. The molecule has 1 aromatic heterocycles. The molecule has 2 rings (SSSR count). The maximum absolute atomic E-state index is 12.2. The Hall–Kier alpha value is -2.19. The van der Waals surface area contributed by atoms with Crippen LogP contribution in [0.1, 0.15) is 36.4 Å². The van der Waals surface area contributed by atoms with Crippen LogP contribution in [0.4, 0.5) is 0 Å². The molecule has 24 heavy (non-hydrogen) atoms. The molecule has 0 aliphatic rings. The zero-order valence-electron chi connectivity index (χ0n) is 13.9. The summed E-state index contributed by atoms with van der Waals surface area (Å²) in [6, 6.07) is 9.40.